The normalized spacial score (nSPS) is 10.6. The molecule has 0 unspecified atom stereocenters. The number of nitrogens with two attached hydrogens (primary N) is 2. The molecule has 0 aliphatic heterocycles. The van der Waals surface area contributed by atoms with Crippen molar-refractivity contribution in [2.24, 2.45) is 5.73 Å². The number of aromatic nitrogens is 2. The second-order valence-electron chi connectivity index (χ2n) is 4.31. The topological polar surface area (TPSA) is 86.9 Å². The minimum Gasteiger partial charge on any atom is -0.396 e. The van der Waals surface area contributed by atoms with Crippen LogP contribution < -0.4 is 11.5 Å². The highest BCUT2D eigenvalue weighted by Gasteiger charge is 2.09. The van der Waals surface area contributed by atoms with Crippen LogP contribution in [0.5, 0.6) is 0 Å². The third-order valence-corrected chi connectivity index (χ3v) is 2.98. The molecule has 4 N–H and O–H groups in total. The number of carbonyl (C=O) groups excluding carboxylic acids is 1. The summed E-state index contributed by atoms with van der Waals surface area (Å²) < 4.78 is 1.82. The van der Waals surface area contributed by atoms with Crippen LogP contribution in [0.4, 0.5) is 5.69 Å². The number of rotatable bonds is 3. The van der Waals surface area contributed by atoms with Crippen molar-refractivity contribution in [1.82, 2.24) is 9.78 Å². The van der Waals surface area contributed by atoms with Crippen molar-refractivity contribution in [1.29, 1.82) is 0 Å². The van der Waals surface area contributed by atoms with Crippen LogP contribution in [-0.4, -0.2) is 15.7 Å². The van der Waals surface area contributed by atoms with Crippen molar-refractivity contribution in [3.8, 4) is 0 Å². The first-order chi connectivity index (χ1) is 8.49. The zero-order chi connectivity index (χ0) is 13.3. The Bertz CT molecular complexity index is 601. The molecule has 0 saturated carbocycles. The van der Waals surface area contributed by atoms with E-state index >= 15 is 0 Å². The lowest BCUT2D eigenvalue weighted by Crippen LogP contribution is -2.12. The van der Waals surface area contributed by atoms with Crippen LogP contribution in [-0.2, 0) is 6.54 Å². The van der Waals surface area contributed by atoms with Gasteiger partial charge in [0.2, 0.25) is 5.91 Å². The number of anilines is 1. The van der Waals surface area contributed by atoms with Crippen LogP contribution >= 0.6 is 0 Å². The monoisotopic (exact) mass is 244 g/mol. The van der Waals surface area contributed by atoms with E-state index in [4.69, 9.17) is 11.5 Å². The van der Waals surface area contributed by atoms with Gasteiger partial charge in [-0.2, -0.15) is 5.10 Å². The van der Waals surface area contributed by atoms with Gasteiger partial charge in [-0.25, -0.2) is 0 Å². The van der Waals surface area contributed by atoms with Gasteiger partial charge in [0.1, 0.15) is 0 Å². The van der Waals surface area contributed by atoms with Gasteiger partial charge >= 0.3 is 0 Å². The summed E-state index contributed by atoms with van der Waals surface area (Å²) >= 11 is 0. The number of nitrogen functional groups attached to an aromatic ring is 1. The van der Waals surface area contributed by atoms with E-state index in [1.165, 1.54) is 0 Å². The standard InChI is InChI=1S/C13H16N4O/c1-8-12(14)9(2)17(16-8)7-10-4-3-5-11(6-10)13(15)18/h3-6H,7,14H2,1-2H3,(H2,15,18). The van der Waals surface area contributed by atoms with Crippen LogP contribution in [0.15, 0.2) is 24.3 Å². The number of nitrogens with zero attached hydrogens (tertiary/aromatic N) is 2. The van der Waals surface area contributed by atoms with Gasteiger partial charge in [0.15, 0.2) is 0 Å². The minimum absolute atomic E-state index is 0.426. The first kappa shape index (κ1) is 12.2. The molecule has 0 spiro atoms. The maximum Gasteiger partial charge on any atom is 0.248 e. The van der Waals surface area contributed by atoms with Crippen molar-refractivity contribution in [2.45, 2.75) is 20.4 Å². The summed E-state index contributed by atoms with van der Waals surface area (Å²) in [4.78, 5) is 11.1. The van der Waals surface area contributed by atoms with Crippen molar-refractivity contribution >= 4 is 11.6 Å². The lowest BCUT2D eigenvalue weighted by Gasteiger charge is -2.06. The molecule has 0 bridgehead atoms. The summed E-state index contributed by atoms with van der Waals surface area (Å²) in [5.74, 6) is -0.426. The van der Waals surface area contributed by atoms with Gasteiger partial charge in [-0.05, 0) is 31.5 Å². The third kappa shape index (κ3) is 2.20. The smallest absolute Gasteiger partial charge is 0.248 e. The van der Waals surface area contributed by atoms with E-state index < -0.39 is 5.91 Å². The molecule has 0 aliphatic rings. The number of aryl methyl sites for hydroxylation is 1. The average molecular weight is 244 g/mol. The molecule has 5 nitrogen and oxygen atoms in total. The number of primary amides is 1. The molecule has 1 aromatic heterocycles. The zero-order valence-electron chi connectivity index (χ0n) is 10.5. The number of amides is 1. The molecule has 2 rings (SSSR count). The van der Waals surface area contributed by atoms with Gasteiger partial charge in [-0.1, -0.05) is 12.1 Å². The highest BCUT2D eigenvalue weighted by Crippen LogP contribution is 2.16. The first-order valence-electron chi connectivity index (χ1n) is 5.67. The maximum atomic E-state index is 11.1. The fourth-order valence-corrected chi connectivity index (χ4v) is 1.86. The molecule has 94 valence electrons. The largest absolute Gasteiger partial charge is 0.396 e. The van der Waals surface area contributed by atoms with E-state index in [1.807, 2.05) is 30.7 Å². The molecule has 0 aliphatic carbocycles. The predicted molar refractivity (Wildman–Crippen MR) is 70.2 cm³/mol. The van der Waals surface area contributed by atoms with Gasteiger partial charge in [0.05, 0.1) is 23.6 Å². The van der Waals surface area contributed by atoms with Crippen molar-refractivity contribution in [3.05, 3.63) is 46.8 Å². The fraction of sp³-hybridized carbons (Fsp3) is 0.231. The summed E-state index contributed by atoms with van der Waals surface area (Å²) in [5.41, 5.74) is 15.1. The van der Waals surface area contributed by atoms with Gasteiger partial charge in [-0.3, -0.25) is 9.48 Å². The highest BCUT2D eigenvalue weighted by atomic mass is 16.1. The first-order valence-corrected chi connectivity index (χ1v) is 5.67. The van der Waals surface area contributed by atoms with Crippen LogP contribution in [0, 0.1) is 13.8 Å². The van der Waals surface area contributed by atoms with Crippen LogP contribution in [0.2, 0.25) is 0 Å². The Kier molecular flexibility index (Phi) is 3.06. The molecule has 0 radical (unpaired) electrons. The number of hydrogen-bond acceptors (Lipinski definition) is 3. The number of hydrogen-bond donors (Lipinski definition) is 2. The Hall–Kier alpha value is -2.30. The number of benzene rings is 1. The summed E-state index contributed by atoms with van der Waals surface area (Å²) in [6.07, 6.45) is 0. The molecular weight excluding hydrogens is 228 g/mol. The van der Waals surface area contributed by atoms with E-state index in [-0.39, 0.29) is 0 Å². The van der Waals surface area contributed by atoms with E-state index in [0.29, 0.717) is 17.8 Å². The van der Waals surface area contributed by atoms with Crippen LogP contribution in [0.3, 0.4) is 0 Å². The van der Waals surface area contributed by atoms with E-state index in [9.17, 15) is 4.79 Å². The Morgan fingerprint density at radius 2 is 2.11 bits per heavy atom. The quantitative estimate of drug-likeness (QED) is 0.851. The van der Waals surface area contributed by atoms with Crippen molar-refractivity contribution in [3.63, 3.8) is 0 Å². The number of carbonyl (C=O) groups is 1. The van der Waals surface area contributed by atoms with E-state index in [0.717, 1.165) is 17.0 Å². The molecule has 0 atom stereocenters. The summed E-state index contributed by atoms with van der Waals surface area (Å²) in [6.45, 7) is 4.37. The Labute approximate surface area is 105 Å². The lowest BCUT2D eigenvalue weighted by molar-refractivity contribution is 0.1000. The zero-order valence-corrected chi connectivity index (χ0v) is 10.5. The van der Waals surface area contributed by atoms with Crippen molar-refractivity contribution in [2.75, 3.05) is 5.73 Å². The Balaban J connectivity index is 2.31. The molecule has 0 fully saturated rings. The Morgan fingerprint density at radius 3 is 2.67 bits per heavy atom. The van der Waals surface area contributed by atoms with Crippen LogP contribution in [0.25, 0.3) is 0 Å². The molecule has 1 amide bonds. The molecule has 0 saturated heterocycles. The van der Waals surface area contributed by atoms with Crippen molar-refractivity contribution < 1.29 is 4.79 Å². The molecule has 2 aromatic rings. The Morgan fingerprint density at radius 1 is 1.39 bits per heavy atom. The van der Waals surface area contributed by atoms with Crippen LogP contribution in [0.1, 0.15) is 27.3 Å². The molecule has 1 aromatic carbocycles. The minimum atomic E-state index is -0.426. The fourth-order valence-electron chi connectivity index (χ4n) is 1.86. The summed E-state index contributed by atoms with van der Waals surface area (Å²) in [5, 5.41) is 4.36. The van der Waals surface area contributed by atoms with Gasteiger partial charge in [-0.15, -0.1) is 0 Å². The predicted octanol–water partition coefficient (Wildman–Crippen LogP) is 1.23. The van der Waals surface area contributed by atoms with E-state index in [2.05, 4.69) is 5.10 Å². The second kappa shape index (κ2) is 4.52. The van der Waals surface area contributed by atoms with Gasteiger partial charge < -0.3 is 11.5 Å². The average Bonchev–Trinajstić information content (AvgIpc) is 2.57. The summed E-state index contributed by atoms with van der Waals surface area (Å²) in [7, 11) is 0. The molecule has 18 heavy (non-hydrogen) atoms. The third-order valence-electron chi connectivity index (χ3n) is 2.98. The molecule has 5 heteroatoms. The molecular formula is C13H16N4O. The van der Waals surface area contributed by atoms with Gasteiger partial charge in [0, 0.05) is 5.56 Å². The van der Waals surface area contributed by atoms with Gasteiger partial charge in [0.25, 0.3) is 0 Å². The van der Waals surface area contributed by atoms with E-state index in [1.54, 1.807) is 12.1 Å². The maximum absolute atomic E-state index is 11.1. The highest BCUT2D eigenvalue weighted by molar-refractivity contribution is 5.92. The second-order valence-corrected chi connectivity index (χ2v) is 4.31. The SMILES string of the molecule is Cc1nn(Cc2cccc(C(N)=O)c2)c(C)c1N. The molecule has 1 heterocycles. The summed E-state index contributed by atoms with van der Waals surface area (Å²) in [6, 6.07) is 7.21. The lowest BCUT2D eigenvalue weighted by atomic mass is 10.1.